The normalized spacial score (nSPS) is 26.6. The number of aliphatic hydroxyl groups is 2. The molecular formula is C27H31F2N2O9PS. The van der Waals surface area contributed by atoms with Crippen molar-refractivity contribution in [1.82, 2.24) is 9.99 Å². The van der Waals surface area contributed by atoms with Crippen LogP contribution in [-0.4, -0.2) is 82.0 Å². The summed E-state index contributed by atoms with van der Waals surface area (Å²) < 4.78 is 51.6. The lowest BCUT2D eigenvalue weighted by Crippen LogP contribution is -2.53. The van der Waals surface area contributed by atoms with Gasteiger partial charge in [-0.2, -0.15) is 0 Å². The summed E-state index contributed by atoms with van der Waals surface area (Å²) in [5.74, 6) is -1.82. The van der Waals surface area contributed by atoms with E-state index in [0.29, 0.717) is 0 Å². The number of benzene rings is 2. The van der Waals surface area contributed by atoms with Crippen molar-refractivity contribution in [3.05, 3.63) is 54.7 Å². The number of nitrogens with one attached hydrogen (secondary N) is 1. The van der Waals surface area contributed by atoms with E-state index in [9.17, 15) is 33.4 Å². The standard InChI is InChI=1S/C27H31F2N2O9PS/c1-15(2)38-25(36)16(3)30-41(42,40-20-9-8-17-6-4-5-7-18(17)12-20)37-14-27(26(28)29)23(35)22(34)24(39-27)31-11-10-19(32)13-21(31)33/h4-12,15-16,22-24,26,34-35H,13-14H2,1-3H3,(H,30,42)/t16-,22-,23-,24+,27+,41?/m0/s1. The maximum Gasteiger partial charge on any atom is 0.323 e. The van der Waals surface area contributed by atoms with Crippen LogP contribution < -0.4 is 9.61 Å². The van der Waals surface area contributed by atoms with Crippen molar-refractivity contribution in [2.24, 2.45) is 0 Å². The van der Waals surface area contributed by atoms with Gasteiger partial charge >= 0.3 is 12.6 Å². The van der Waals surface area contributed by atoms with Crippen molar-refractivity contribution in [2.45, 2.75) is 69.8 Å². The smallest absolute Gasteiger partial charge is 0.323 e. The fourth-order valence-corrected chi connectivity index (χ4v) is 6.84. The summed E-state index contributed by atoms with van der Waals surface area (Å²) in [6.45, 7) is -0.270. The molecular weight excluding hydrogens is 597 g/mol. The molecule has 2 aromatic rings. The zero-order valence-electron chi connectivity index (χ0n) is 22.9. The van der Waals surface area contributed by atoms with E-state index >= 15 is 0 Å². The molecule has 3 N–H and O–H groups in total. The second kappa shape index (κ2) is 12.8. The van der Waals surface area contributed by atoms with Crippen LogP contribution >= 0.6 is 6.64 Å². The van der Waals surface area contributed by atoms with Gasteiger partial charge in [0.15, 0.2) is 17.6 Å². The molecule has 2 aromatic carbocycles. The minimum atomic E-state index is -3.89. The number of rotatable bonds is 11. The van der Waals surface area contributed by atoms with Crippen LogP contribution in [0, 0.1) is 0 Å². The number of hydrogen-bond acceptors (Lipinski definition) is 10. The van der Waals surface area contributed by atoms with E-state index in [1.165, 1.54) is 6.92 Å². The largest absolute Gasteiger partial charge is 0.462 e. The zero-order chi connectivity index (χ0) is 30.8. The molecule has 42 heavy (non-hydrogen) atoms. The van der Waals surface area contributed by atoms with Crippen LogP contribution in [0.2, 0.25) is 0 Å². The van der Waals surface area contributed by atoms with Gasteiger partial charge in [-0.3, -0.25) is 19.3 Å². The molecule has 0 spiro atoms. The van der Waals surface area contributed by atoms with E-state index in [1.807, 2.05) is 24.3 Å². The Bertz CT molecular complexity index is 1430. The van der Waals surface area contributed by atoms with Gasteiger partial charge in [-0.25, -0.2) is 13.9 Å². The second-order valence-corrected chi connectivity index (χ2v) is 13.3. The Labute approximate surface area is 245 Å². The van der Waals surface area contributed by atoms with Crippen LogP contribution in [0.4, 0.5) is 8.78 Å². The Morgan fingerprint density at radius 3 is 2.52 bits per heavy atom. The van der Waals surface area contributed by atoms with E-state index in [0.717, 1.165) is 27.9 Å². The summed E-state index contributed by atoms with van der Waals surface area (Å²) in [7, 11) is 0. The van der Waals surface area contributed by atoms with Gasteiger partial charge in [0.2, 0.25) is 5.91 Å². The molecule has 2 heterocycles. The Morgan fingerprint density at radius 2 is 1.88 bits per heavy atom. The van der Waals surface area contributed by atoms with Crippen LogP contribution in [-0.2, 0) is 40.2 Å². The number of amides is 1. The molecule has 0 bridgehead atoms. The number of hydrogen-bond donors (Lipinski definition) is 3. The van der Waals surface area contributed by atoms with E-state index in [4.69, 9.17) is 30.3 Å². The molecule has 1 unspecified atom stereocenters. The number of esters is 1. The second-order valence-electron chi connectivity index (χ2n) is 10.2. The first kappa shape index (κ1) is 32.1. The topological polar surface area (TPSA) is 144 Å². The maximum absolute atomic E-state index is 14.6. The van der Waals surface area contributed by atoms with Crippen molar-refractivity contribution in [1.29, 1.82) is 0 Å². The first-order valence-corrected chi connectivity index (χ1v) is 15.6. The highest BCUT2D eigenvalue weighted by atomic mass is 32.5. The third-order valence-corrected chi connectivity index (χ3v) is 9.08. The van der Waals surface area contributed by atoms with Crippen LogP contribution in [0.3, 0.4) is 0 Å². The predicted octanol–water partition coefficient (Wildman–Crippen LogP) is 2.79. The Balaban J connectivity index is 1.62. The fourth-order valence-electron chi connectivity index (χ4n) is 4.43. The zero-order valence-corrected chi connectivity index (χ0v) is 24.6. The van der Waals surface area contributed by atoms with Gasteiger partial charge in [0.25, 0.3) is 6.43 Å². The van der Waals surface area contributed by atoms with Crippen molar-refractivity contribution in [3.8, 4) is 5.75 Å². The van der Waals surface area contributed by atoms with Gasteiger partial charge in [-0.05, 0) is 61.6 Å². The van der Waals surface area contributed by atoms with Crippen LogP contribution in [0.5, 0.6) is 5.75 Å². The molecule has 1 saturated heterocycles. The SMILES string of the molecule is CC(C)OC(=O)[C@H](C)NP(=S)(OC[C@@]1(C(F)F)O[C@@H](N2C=CC(=O)CC2=O)[C@@H](O)[C@@H]1O)Oc1ccc2ccccc2c1. The quantitative estimate of drug-likeness (QED) is 0.192. The summed E-state index contributed by atoms with van der Waals surface area (Å²) in [6.07, 6.45) is -8.41. The Kier molecular flexibility index (Phi) is 9.78. The number of carbonyl (C=O) groups excluding carboxylic acids is 3. The number of fused-ring (bicyclic) bond motifs is 1. The molecule has 1 amide bonds. The molecule has 0 saturated carbocycles. The van der Waals surface area contributed by atoms with E-state index < -0.39 is 79.9 Å². The number of carbonyl (C=O) groups is 3. The summed E-state index contributed by atoms with van der Waals surface area (Å²) >= 11 is 5.63. The summed E-state index contributed by atoms with van der Waals surface area (Å²) in [5, 5.41) is 25.8. The minimum absolute atomic E-state index is 0.208. The monoisotopic (exact) mass is 628 g/mol. The molecule has 228 valence electrons. The van der Waals surface area contributed by atoms with Crippen molar-refractivity contribution in [3.63, 3.8) is 0 Å². The third kappa shape index (κ3) is 6.86. The number of ketones is 1. The summed E-state index contributed by atoms with van der Waals surface area (Å²) in [6, 6.07) is 11.3. The minimum Gasteiger partial charge on any atom is -0.462 e. The lowest BCUT2D eigenvalue weighted by Gasteiger charge is -2.35. The highest BCUT2D eigenvalue weighted by Crippen LogP contribution is 2.49. The third-order valence-electron chi connectivity index (χ3n) is 6.60. The average Bonchev–Trinajstić information content (AvgIpc) is 3.17. The van der Waals surface area contributed by atoms with Crippen molar-refractivity contribution in [2.75, 3.05) is 6.61 Å². The fraction of sp³-hybridized carbons (Fsp3) is 0.444. The molecule has 2 aliphatic heterocycles. The highest BCUT2D eigenvalue weighted by molar-refractivity contribution is 8.09. The number of nitrogens with zero attached hydrogens (tertiary/aromatic N) is 1. The van der Waals surface area contributed by atoms with Crippen LogP contribution in [0.1, 0.15) is 27.2 Å². The van der Waals surface area contributed by atoms with E-state index in [-0.39, 0.29) is 5.75 Å². The van der Waals surface area contributed by atoms with E-state index in [2.05, 4.69) is 5.09 Å². The number of halogens is 2. The van der Waals surface area contributed by atoms with Gasteiger partial charge in [0.1, 0.15) is 24.0 Å². The average molecular weight is 629 g/mol. The lowest BCUT2D eigenvalue weighted by atomic mass is 9.96. The molecule has 4 rings (SSSR count). The first-order chi connectivity index (χ1) is 19.7. The van der Waals surface area contributed by atoms with Crippen LogP contribution in [0.15, 0.2) is 54.7 Å². The molecule has 0 aromatic heterocycles. The van der Waals surface area contributed by atoms with Gasteiger partial charge in [0.05, 0.1) is 19.1 Å². The van der Waals surface area contributed by atoms with Gasteiger partial charge < -0.3 is 28.7 Å². The number of ether oxygens (including phenoxy) is 2. The van der Waals surface area contributed by atoms with Crippen LogP contribution in [0.25, 0.3) is 10.8 Å². The van der Waals surface area contributed by atoms with Crippen molar-refractivity contribution >= 4 is 46.9 Å². The van der Waals surface area contributed by atoms with Crippen molar-refractivity contribution < 1.29 is 51.9 Å². The Morgan fingerprint density at radius 1 is 1.19 bits per heavy atom. The molecule has 11 nitrogen and oxygen atoms in total. The molecule has 2 aliphatic rings. The Hall–Kier alpha value is -2.84. The molecule has 0 aliphatic carbocycles. The molecule has 0 radical (unpaired) electrons. The van der Waals surface area contributed by atoms with Gasteiger partial charge in [0, 0.05) is 6.20 Å². The highest BCUT2D eigenvalue weighted by Gasteiger charge is 2.62. The molecule has 6 atom stereocenters. The number of alkyl halides is 2. The molecule has 1 fully saturated rings. The first-order valence-electron chi connectivity index (χ1n) is 13.0. The van der Waals surface area contributed by atoms with Gasteiger partial charge in [-0.1, -0.05) is 30.3 Å². The maximum atomic E-state index is 14.6. The lowest BCUT2D eigenvalue weighted by molar-refractivity contribution is -0.199. The summed E-state index contributed by atoms with van der Waals surface area (Å²) in [5.41, 5.74) is -2.86. The van der Waals surface area contributed by atoms with E-state index in [1.54, 1.807) is 32.0 Å². The number of aliphatic hydroxyl groups excluding tert-OH is 2. The number of allylic oxidation sites excluding steroid dienone is 1. The van der Waals surface area contributed by atoms with Gasteiger partial charge in [-0.15, -0.1) is 0 Å². The summed E-state index contributed by atoms with van der Waals surface area (Å²) in [4.78, 5) is 37.2. The molecule has 15 heteroatoms. The predicted molar refractivity (Wildman–Crippen MR) is 150 cm³/mol.